The van der Waals surface area contributed by atoms with Crippen molar-refractivity contribution in [2.24, 2.45) is 0 Å². The SMILES string of the molecule is C[NH+](C)Cc1cccc(-c2n[nH]c3cc(C(=O)[O-])ccc23)c1. The fourth-order valence-electron chi connectivity index (χ4n) is 2.60. The number of carboxylic acids is 1. The molecule has 0 radical (unpaired) electrons. The van der Waals surface area contributed by atoms with E-state index in [2.05, 4.69) is 36.4 Å². The smallest absolute Gasteiger partial charge is 0.102 e. The van der Waals surface area contributed by atoms with Crippen LogP contribution < -0.4 is 10.0 Å². The van der Waals surface area contributed by atoms with Crippen molar-refractivity contribution in [3.63, 3.8) is 0 Å². The van der Waals surface area contributed by atoms with E-state index in [-0.39, 0.29) is 5.56 Å². The maximum Gasteiger partial charge on any atom is 0.102 e. The number of carboxylic acid groups (broad SMARTS) is 1. The van der Waals surface area contributed by atoms with Crippen LogP contribution in [0.25, 0.3) is 22.2 Å². The molecule has 3 aromatic rings. The van der Waals surface area contributed by atoms with Crippen molar-refractivity contribution >= 4 is 16.9 Å². The van der Waals surface area contributed by atoms with Gasteiger partial charge in [-0.1, -0.05) is 24.3 Å². The van der Waals surface area contributed by atoms with Crippen LogP contribution in [0.3, 0.4) is 0 Å². The first-order valence-corrected chi connectivity index (χ1v) is 7.12. The van der Waals surface area contributed by atoms with Gasteiger partial charge in [-0.25, -0.2) is 0 Å². The van der Waals surface area contributed by atoms with E-state index < -0.39 is 5.97 Å². The fourth-order valence-corrected chi connectivity index (χ4v) is 2.60. The Kier molecular flexibility index (Phi) is 3.65. The van der Waals surface area contributed by atoms with Crippen molar-refractivity contribution < 1.29 is 14.8 Å². The molecule has 0 atom stereocenters. The van der Waals surface area contributed by atoms with Gasteiger partial charge in [0.05, 0.1) is 31.3 Å². The van der Waals surface area contributed by atoms with Crippen molar-refractivity contribution in [3.05, 3.63) is 53.6 Å². The molecule has 3 rings (SSSR count). The zero-order chi connectivity index (χ0) is 15.7. The molecule has 0 bridgehead atoms. The largest absolute Gasteiger partial charge is 0.545 e. The lowest BCUT2D eigenvalue weighted by atomic mass is 10.0. The molecular formula is C17H17N3O2. The molecule has 0 fully saturated rings. The Morgan fingerprint density at radius 3 is 2.77 bits per heavy atom. The first-order chi connectivity index (χ1) is 10.5. The van der Waals surface area contributed by atoms with E-state index in [1.54, 1.807) is 18.2 Å². The van der Waals surface area contributed by atoms with E-state index in [0.717, 1.165) is 23.2 Å². The number of nitrogens with one attached hydrogen (secondary N) is 2. The minimum absolute atomic E-state index is 0.146. The molecule has 5 nitrogen and oxygen atoms in total. The summed E-state index contributed by atoms with van der Waals surface area (Å²) >= 11 is 0. The van der Waals surface area contributed by atoms with E-state index in [9.17, 15) is 9.90 Å². The molecule has 0 unspecified atom stereocenters. The predicted molar refractivity (Wildman–Crippen MR) is 82.4 cm³/mol. The normalized spacial score (nSPS) is 11.2. The quantitative estimate of drug-likeness (QED) is 0.724. The summed E-state index contributed by atoms with van der Waals surface area (Å²) < 4.78 is 0. The molecular weight excluding hydrogens is 278 g/mol. The van der Waals surface area contributed by atoms with E-state index >= 15 is 0 Å². The molecule has 1 aromatic heterocycles. The second kappa shape index (κ2) is 5.61. The van der Waals surface area contributed by atoms with Crippen LogP contribution in [0.4, 0.5) is 0 Å². The van der Waals surface area contributed by atoms with E-state index in [1.165, 1.54) is 10.5 Å². The average molecular weight is 295 g/mol. The monoisotopic (exact) mass is 295 g/mol. The molecule has 0 saturated heterocycles. The summed E-state index contributed by atoms with van der Waals surface area (Å²) in [7, 11) is 4.22. The van der Waals surface area contributed by atoms with Gasteiger partial charge < -0.3 is 14.8 Å². The van der Waals surface area contributed by atoms with E-state index in [0.29, 0.717) is 5.52 Å². The summed E-state index contributed by atoms with van der Waals surface area (Å²) in [6, 6.07) is 13.1. The fraction of sp³-hybridized carbons (Fsp3) is 0.176. The number of aromatic amines is 1. The Labute approximate surface area is 128 Å². The van der Waals surface area contributed by atoms with E-state index in [4.69, 9.17) is 0 Å². The van der Waals surface area contributed by atoms with Crippen molar-refractivity contribution in [2.75, 3.05) is 14.1 Å². The zero-order valence-corrected chi connectivity index (χ0v) is 12.5. The number of nitrogens with zero attached hydrogens (tertiary/aromatic N) is 1. The van der Waals surface area contributed by atoms with Crippen molar-refractivity contribution in [3.8, 4) is 11.3 Å². The number of aromatic carboxylic acids is 1. The lowest BCUT2D eigenvalue weighted by Gasteiger charge is -2.08. The van der Waals surface area contributed by atoms with Crippen LogP contribution in [-0.4, -0.2) is 30.3 Å². The summed E-state index contributed by atoms with van der Waals surface area (Å²) in [5.41, 5.74) is 3.93. The van der Waals surface area contributed by atoms with Gasteiger partial charge in [-0.2, -0.15) is 5.10 Å². The van der Waals surface area contributed by atoms with Crippen molar-refractivity contribution in [2.45, 2.75) is 6.54 Å². The Morgan fingerprint density at radius 1 is 1.23 bits per heavy atom. The summed E-state index contributed by atoms with van der Waals surface area (Å²) in [4.78, 5) is 12.3. The van der Waals surface area contributed by atoms with Crippen molar-refractivity contribution in [1.29, 1.82) is 0 Å². The highest BCUT2D eigenvalue weighted by Crippen LogP contribution is 2.27. The minimum atomic E-state index is -1.19. The van der Waals surface area contributed by atoms with Crippen LogP contribution in [0.2, 0.25) is 0 Å². The van der Waals surface area contributed by atoms with Crippen LogP contribution in [0.15, 0.2) is 42.5 Å². The van der Waals surface area contributed by atoms with Crippen LogP contribution in [0.5, 0.6) is 0 Å². The molecule has 0 saturated carbocycles. The van der Waals surface area contributed by atoms with Gasteiger partial charge in [0.1, 0.15) is 6.54 Å². The van der Waals surface area contributed by atoms with Crippen LogP contribution in [0.1, 0.15) is 15.9 Å². The molecule has 2 N–H and O–H groups in total. The molecule has 0 aliphatic carbocycles. The number of quaternary nitrogens is 1. The van der Waals surface area contributed by atoms with Gasteiger partial charge >= 0.3 is 0 Å². The lowest BCUT2D eigenvalue weighted by Crippen LogP contribution is -3.04. The first kappa shape index (κ1) is 14.3. The summed E-state index contributed by atoms with van der Waals surface area (Å²) in [6.45, 7) is 0.936. The number of carbonyl (C=O) groups excluding carboxylic acids is 1. The second-order valence-electron chi connectivity index (χ2n) is 5.70. The molecule has 2 aromatic carbocycles. The predicted octanol–water partition coefficient (Wildman–Crippen LogP) is 0.238. The molecule has 22 heavy (non-hydrogen) atoms. The van der Waals surface area contributed by atoms with Gasteiger partial charge in [-0.15, -0.1) is 0 Å². The molecule has 1 heterocycles. The maximum absolute atomic E-state index is 10.9. The number of H-pyrrole nitrogens is 1. The molecule has 112 valence electrons. The van der Waals surface area contributed by atoms with Gasteiger partial charge in [0.25, 0.3) is 0 Å². The first-order valence-electron chi connectivity index (χ1n) is 7.12. The molecule has 0 aliphatic rings. The molecule has 0 aliphatic heterocycles. The van der Waals surface area contributed by atoms with Gasteiger partial charge in [0.15, 0.2) is 0 Å². The Hall–Kier alpha value is -2.66. The lowest BCUT2D eigenvalue weighted by molar-refractivity contribution is -0.872. The zero-order valence-electron chi connectivity index (χ0n) is 12.5. The third-order valence-electron chi connectivity index (χ3n) is 3.56. The Bertz CT molecular complexity index is 837. The number of rotatable bonds is 4. The molecule has 5 heteroatoms. The third-order valence-corrected chi connectivity index (χ3v) is 3.56. The Morgan fingerprint density at radius 2 is 2.05 bits per heavy atom. The topological polar surface area (TPSA) is 73.2 Å². The summed E-state index contributed by atoms with van der Waals surface area (Å²) in [5.74, 6) is -1.19. The maximum atomic E-state index is 10.9. The Balaban J connectivity index is 2.05. The number of benzene rings is 2. The molecule has 0 amide bonds. The minimum Gasteiger partial charge on any atom is -0.545 e. The summed E-state index contributed by atoms with van der Waals surface area (Å²) in [6.07, 6.45) is 0. The molecule has 0 spiro atoms. The number of aromatic nitrogens is 2. The van der Waals surface area contributed by atoms with Crippen LogP contribution in [-0.2, 0) is 6.54 Å². The van der Waals surface area contributed by atoms with Gasteiger partial charge in [-0.3, -0.25) is 5.10 Å². The summed E-state index contributed by atoms with van der Waals surface area (Å²) in [5, 5.41) is 19.1. The van der Waals surface area contributed by atoms with Crippen LogP contribution in [0, 0.1) is 0 Å². The standard InChI is InChI=1S/C17H17N3O2/c1-20(2)10-11-4-3-5-12(8-11)16-14-7-6-13(17(21)22)9-15(14)18-19-16/h3-9H,10H2,1-2H3,(H,18,19)(H,21,22). The number of hydrogen-bond acceptors (Lipinski definition) is 3. The number of carbonyl (C=O) groups is 1. The highest BCUT2D eigenvalue weighted by Gasteiger charge is 2.10. The number of fused-ring (bicyclic) bond motifs is 1. The number of hydrogen-bond donors (Lipinski definition) is 2. The highest BCUT2D eigenvalue weighted by atomic mass is 16.4. The van der Waals surface area contributed by atoms with Crippen LogP contribution >= 0.6 is 0 Å². The highest BCUT2D eigenvalue weighted by molar-refractivity contribution is 5.97. The van der Waals surface area contributed by atoms with Gasteiger partial charge in [0, 0.05) is 16.5 Å². The van der Waals surface area contributed by atoms with Gasteiger partial charge in [-0.05, 0) is 23.8 Å². The van der Waals surface area contributed by atoms with Crippen molar-refractivity contribution in [1.82, 2.24) is 10.2 Å². The average Bonchev–Trinajstić information content (AvgIpc) is 2.89. The third kappa shape index (κ3) is 2.71. The van der Waals surface area contributed by atoms with Gasteiger partial charge in [0.2, 0.25) is 0 Å². The second-order valence-corrected chi connectivity index (χ2v) is 5.70. The van der Waals surface area contributed by atoms with E-state index in [1.807, 2.05) is 12.1 Å².